The third-order valence-corrected chi connectivity index (χ3v) is 37.4. The minimum Gasteiger partial charge on any atom is -0.202 e. The molecule has 0 aromatic heterocycles. The molecule has 0 aromatic carbocycles. The Hall–Kier alpha value is 2.79. The molecule has 0 saturated carbocycles. The summed E-state index contributed by atoms with van der Waals surface area (Å²) in [5, 5.41) is 0. The largest absolute Gasteiger partial charge is 0.202 e. The third-order valence-electron chi connectivity index (χ3n) is 3.46. The van der Waals surface area contributed by atoms with Crippen LogP contribution in [0.5, 0.6) is 0 Å². The molecule has 3 nitrogen and oxygen atoms in total. The van der Waals surface area contributed by atoms with Gasteiger partial charge in [-0.15, -0.1) is 0 Å². The van der Waals surface area contributed by atoms with Crippen LogP contribution >= 0.6 is 85.1 Å². The second-order valence-corrected chi connectivity index (χ2v) is 31.7. The van der Waals surface area contributed by atoms with Crippen molar-refractivity contribution in [3.63, 3.8) is 0 Å². The van der Waals surface area contributed by atoms with Crippen LogP contribution in [0.3, 0.4) is 0 Å². The summed E-state index contributed by atoms with van der Waals surface area (Å²) in [5.74, 6) is 7.03. The van der Waals surface area contributed by atoms with Crippen LogP contribution in [0.1, 0.15) is 80.1 Å². The van der Waals surface area contributed by atoms with Crippen molar-refractivity contribution in [2.24, 2.45) is 13.5 Å². The molecule has 0 spiro atoms. The molecule has 1 rings (SSSR count). The van der Waals surface area contributed by atoms with Crippen LogP contribution in [0.4, 0.5) is 0 Å². The van der Waals surface area contributed by atoms with Gasteiger partial charge in [0.25, 0.3) is 0 Å². The average Bonchev–Trinajstić information content (AvgIpc) is 2.76. The van der Waals surface area contributed by atoms with Gasteiger partial charge in [0.15, 0.2) is 16.8 Å². The fourth-order valence-corrected chi connectivity index (χ4v) is 48.5. The average molecular weight is 586 g/mol. The Labute approximate surface area is 211 Å². The molecule has 1 heterocycles. The first-order valence-electron chi connectivity index (χ1n) is 11.3. The highest BCUT2D eigenvalue weighted by molar-refractivity contribution is 9.00. The van der Waals surface area contributed by atoms with Crippen LogP contribution in [0.15, 0.2) is 13.5 Å². The molecule has 0 unspecified atom stereocenters. The fraction of sp³-hybridized carbons (Fsp3) is 1.00. The summed E-state index contributed by atoms with van der Waals surface area (Å²) in [7, 11) is 0. The van der Waals surface area contributed by atoms with Gasteiger partial charge in [-0.3, -0.25) is 0 Å². The van der Waals surface area contributed by atoms with Crippen molar-refractivity contribution in [2.75, 3.05) is 34.5 Å². The molecule has 0 bridgehead atoms. The Morgan fingerprint density at radius 1 is 0.367 bits per heavy atom. The molecule has 180 valence electrons. The first kappa shape index (κ1) is 30.8. The SMILES string of the molecule is CCCSP1(SCCC)=NP(SCCC)(SCCC)=NP(SCCC)(SCCC)=N1. The van der Waals surface area contributed by atoms with Crippen molar-refractivity contribution in [2.45, 2.75) is 80.1 Å². The topological polar surface area (TPSA) is 37.1 Å². The summed E-state index contributed by atoms with van der Waals surface area (Å²) in [6.07, 6.45) is 7.21. The maximum atomic E-state index is 5.75. The Morgan fingerprint density at radius 3 is 0.667 bits per heavy atom. The molecule has 0 fully saturated rings. The zero-order valence-electron chi connectivity index (χ0n) is 19.6. The molecule has 0 radical (unpaired) electrons. The van der Waals surface area contributed by atoms with E-state index in [4.69, 9.17) is 13.5 Å². The van der Waals surface area contributed by atoms with E-state index >= 15 is 0 Å². The van der Waals surface area contributed by atoms with Crippen molar-refractivity contribution in [3.05, 3.63) is 0 Å². The van der Waals surface area contributed by atoms with Crippen LogP contribution in [0, 0.1) is 0 Å². The van der Waals surface area contributed by atoms with E-state index in [9.17, 15) is 0 Å². The lowest BCUT2D eigenvalue weighted by Crippen LogP contribution is -1.87. The molecule has 12 heteroatoms. The van der Waals surface area contributed by atoms with Crippen molar-refractivity contribution in [1.82, 2.24) is 0 Å². The number of nitrogens with zero attached hydrogens (tertiary/aromatic N) is 3. The minimum absolute atomic E-state index is 1.17. The Bertz CT molecular complexity index is 507. The van der Waals surface area contributed by atoms with E-state index in [0.717, 1.165) is 0 Å². The van der Waals surface area contributed by atoms with Gasteiger partial charge in [-0.2, -0.15) is 0 Å². The second kappa shape index (κ2) is 17.3. The maximum absolute atomic E-state index is 5.75. The van der Waals surface area contributed by atoms with E-state index < -0.39 is 16.8 Å². The highest BCUT2D eigenvalue weighted by Crippen LogP contribution is 2.96. The molecule has 0 saturated heterocycles. The molecule has 0 amide bonds. The minimum atomic E-state index is -1.82. The van der Waals surface area contributed by atoms with Gasteiger partial charge in [0, 0.05) is 34.5 Å². The third kappa shape index (κ3) is 10.6. The first-order valence-corrected chi connectivity index (χ1v) is 25.9. The van der Waals surface area contributed by atoms with Gasteiger partial charge >= 0.3 is 0 Å². The zero-order valence-corrected chi connectivity index (χ0v) is 27.2. The van der Waals surface area contributed by atoms with Crippen molar-refractivity contribution >= 4 is 85.1 Å². The summed E-state index contributed by atoms with van der Waals surface area (Å²) in [5.41, 5.74) is -5.47. The number of hydrogen-bond acceptors (Lipinski definition) is 9. The monoisotopic (exact) mass is 585 g/mol. The van der Waals surface area contributed by atoms with Gasteiger partial charge in [-0.25, -0.2) is 13.5 Å². The molecule has 1 aliphatic heterocycles. The normalized spacial score (nSPS) is 19.0. The summed E-state index contributed by atoms with van der Waals surface area (Å²) >= 11 is 12.6. The van der Waals surface area contributed by atoms with Crippen LogP contribution in [0.25, 0.3) is 0 Å². The van der Waals surface area contributed by atoms with Gasteiger partial charge in [-0.05, 0) is 38.5 Å². The predicted molar refractivity (Wildman–Crippen MR) is 165 cm³/mol. The molecule has 0 aromatic rings. The van der Waals surface area contributed by atoms with E-state index in [2.05, 4.69) is 110 Å². The van der Waals surface area contributed by atoms with Gasteiger partial charge in [-0.1, -0.05) is 110 Å². The van der Waals surface area contributed by atoms with Gasteiger partial charge in [0.1, 0.15) is 0 Å². The van der Waals surface area contributed by atoms with Crippen molar-refractivity contribution < 1.29 is 0 Å². The second-order valence-electron chi connectivity index (χ2n) is 6.74. The van der Waals surface area contributed by atoms with Crippen LogP contribution in [-0.2, 0) is 0 Å². The highest BCUT2D eigenvalue weighted by Gasteiger charge is 2.38. The molecular weight excluding hydrogens is 544 g/mol. The predicted octanol–water partition coefficient (Wildman–Crippen LogP) is 12.7. The highest BCUT2D eigenvalue weighted by atomic mass is 33.1. The van der Waals surface area contributed by atoms with Crippen molar-refractivity contribution in [1.29, 1.82) is 0 Å². The van der Waals surface area contributed by atoms with Gasteiger partial charge in [0.05, 0.1) is 0 Å². The molecule has 30 heavy (non-hydrogen) atoms. The summed E-state index contributed by atoms with van der Waals surface area (Å²) in [6.45, 7) is 13.8. The quantitative estimate of drug-likeness (QED) is 0.149. The van der Waals surface area contributed by atoms with Gasteiger partial charge in [0.2, 0.25) is 0 Å². The lowest BCUT2D eigenvalue weighted by atomic mass is 10.6. The summed E-state index contributed by atoms with van der Waals surface area (Å²) < 4.78 is 17.2. The van der Waals surface area contributed by atoms with E-state index in [1.54, 1.807) is 0 Å². The van der Waals surface area contributed by atoms with E-state index in [1.807, 2.05) is 0 Å². The molecule has 0 atom stereocenters. The maximum Gasteiger partial charge on any atom is 0.190 e. The lowest BCUT2D eigenvalue weighted by molar-refractivity contribution is 1.11. The smallest absolute Gasteiger partial charge is 0.190 e. The van der Waals surface area contributed by atoms with Crippen LogP contribution in [-0.4, -0.2) is 34.5 Å². The van der Waals surface area contributed by atoms with E-state index in [-0.39, 0.29) is 0 Å². The molecule has 0 aliphatic carbocycles. The van der Waals surface area contributed by atoms with Crippen LogP contribution in [0.2, 0.25) is 0 Å². The lowest BCUT2D eigenvalue weighted by Gasteiger charge is -2.34. The standard InChI is InChI=1S/C18H42N3P3S6/c1-7-13-25-22(26-14-8-2)19-23(27-15-9-3,28-16-10-4)21-24(20-22,29-17-11-5)30-18-12-6/h7-18H2,1-6H3. The fourth-order valence-electron chi connectivity index (χ4n) is 2.17. The summed E-state index contributed by atoms with van der Waals surface area (Å²) in [6, 6.07) is 0. The molecule has 1 aliphatic rings. The van der Waals surface area contributed by atoms with Crippen LogP contribution < -0.4 is 0 Å². The van der Waals surface area contributed by atoms with Crippen molar-refractivity contribution in [3.8, 4) is 0 Å². The van der Waals surface area contributed by atoms with Gasteiger partial charge < -0.3 is 0 Å². The first-order chi connectivity index (χ1) is 14.5. The zero-order chi connectivity index (χ0) is 22.3. The molecular formula is C18H42N3P3S6. The number of hydrogen-bond donors (Lipinski definition) is 0. The van der Waals surface area contributed by atoms with E-state index in [0.29, 0.717) is 0 Å². The molecule has 0 N–H and O–H groups in total. The number of rotatable bonds is 18. The Balaban J connectivity index is 3.71. The van der Waals surface area contributed by atoms with E-state index in [1.165, 1.54) is 73.0 Å². The Morgan fingerprint density at radius 2 is 0.533 bits per heavy atom. The summed E-state index contributed by atoms with van der Waals surface area (Å²) in [4.78, 5) is 0. The Kier molecular flexibility index (Phi) is 17.7.